The van der Waals surface area contributed by atoms with Crippen LogP contribution in [0.15, 0.2) is 53.6 Å². The van der Waals surface area contributed by atoms with Crippen molar-refractivity contribution in [3.63, 3.8) is 0 Å². The van der Waals surface area contributed by atoms with E-state index in [0.29, 0.717) is 0 Å². The number of anilines is 1. The monoisotopic (exact) mass is 374 g/mol. The van der Waals surface area contributed by atoms with Gasteiger partial charge in [0.1, 0.15) is 0 Å². The van der Waals surface area contributed by atoms with E-state index >= 15 is 0 Å². The average molecular weight is 375 g/mol. The molecule has 0 unspecified atom stereocenters. The van der Waals surface area contributed by atoms with E-state index in [2.05, 4.69) is 59.5 Å². The molecule has 0 aliphatic rings. The number of aromatic nitrogens is 1. The number of thioether (sulfide) groups is 1. The molecule has 0 radical (unpaired) electrons. The molecule has 0 saturated carbocycles. The van der Waals surface area contributed by atoms with Crippen molar-refractivity contribution in [2.24, 2.45) is 0 Å². The fraction of sp³-hybridized carbons (Fsp3) is 0.368. The van der Waals surface area contributed by atoms with Crippen LogP contribution in [0.2, 0.25) is 0 Å². The molecule has 1 aromatic carbocycles. The molecule has 4 nitrogen and oxygen atoms in total. The van der Waals surface area contributed by atoms with E-state index in [1.54, 1.807) is 11.8 Å². The molecular formula is C19H26N4S2. The van der Waals surface area contributed by atoms with E-state index in [4.69, 9.17) is 12.2 Å². The fourth-order valence-electron chi connectivity index (χ4n) is 2.46. The molecule has 1 aromatic heterocycles. The Balaban J connectivity index is 2.17. The molecule has 0 amide bonds. The summed E-state index contributed by atoms with van der Waals surface area (Å²) in [7, 11) is 4.14. The second-order valence-corrected chi connectivity index (χ2v) is 7.36. The molecule has 2 rings (SSSR count). The van der Waals surface area contributed by atoms with Crippen LogP contribution in [0.5, 0.6) is 0 Å². The minimum Gasteiger partial charge on any atom is -0.339 e. The molecule has 25 heavy (non-hydrogen) atoms. The van der Waals surface area contributed by atoms with E-state index in [1.165, 1.54) is 4.90 Å². The Morgan fingerprint density at radius 3 is 2.64 bits per heavy atom. The maximum Gasteiger partial charge on any atom is 0.174 e. The van der Waals surface area contributed by atoms with E-state index < -0.39 is 0 Å². The largest absolute Gasteiger partial charge is 0.339 e. The third-order valence-electron chi connectivity index (χ3n) is 3.95. The van der Waals surface area contributed by atoms with E-state index in [9.17, 15) is 0 Å². The molecule has 0 spiro atoms. The highest BCUT2D eigenvalue weighted by molar-refractivity contribution is 7.98. The maximum atomic E-state index is 5.73. The molecule has 1 N–H and O–H groups in total. The lowest BCUT2D eigenvalue weighted by atomic mass is 10.2. The topological polar surface area (TPSA) is 31.4 Å². The number of hydrogen-bond donors (Lipinski definition) is 1. The summed E-state index contributed by atoms with van der Waals surface area (Å²) in [4.78, 5) is 10.1. The van der Waals surface area contributed by atoms with Crippen molar-refractivity contribution in [1.82, 2.24) is 14.8 Å². The number of thiocarbonyl (C=S) groups is 1. The number of benzene rings is 1. The lowest BCUT2D eigenvalue weighted by molar-refractivity contribution is 0.286. The van der Waals surface area contributed by atoms with Crippen LogP contribution in [-0.4, -0.2) is 53.3 Å². The van der Waals surface area contributed by atoms with Gasteiger partial charge in [-0.3, -0.25) is 4.98 Å². The van der Waals surface area contributed by atoms with Gasteiger partial charge in [0.05, 0.1) is 11.7 Å². The Morgan fingerprint density at radius 2 is 2.00 bits per heavy atom. The van der Waals surface area contributed by atoms with Gasteiger partial charge in [-0.15, -0.1) is 11.8 Å². The highest BCUT2D eigenvalue weighted by Crippen LogP contribution is 2.22. The third-order valence-corrected chi connectivity index (χ3v) is 5.02. The standard InChI is InChI=1S/C19H26N4S2/c1-15(18-10-5-6-11-20-18)23(13-12-22(2)3)19(24)21-16-8-7-9-17(14-16)25-4/h5-11,14-15H,12-13H2,1-4H3,(H,21,24)/t15-/m0/s1. The van der Waals surface area contributed by atoms with Gasteiger partial charge in [-0.1, -0.05) is 12.1 Å². The van der Waals surface area contributed by atoms with Gasteiger partial charge in [-0.25, -0.2) is 0 Å². The van der Waals surface area contributed by atoms with Crippen molar-refractivity contribution < 1.29 is 0 Å². The van der Waals surface area contributed by atoms with Crippen molar-refractivity contribution in [3.8, 4) is 0 Å². The quantitative estimate of drug-likeness (QED) is 0.579. The van der Waals surface area contributed by atoms with Crippen LogP contribution in [0.25, 0.3) is 0 Å². The number of pyridine rings is 1. The van der Waals surface area contributed by atoms with Crippen molar-refractivity contribution in [3.05, 3.63) is 54.4 Å². The van der Waals surface area contributed by atoms with Gasteiger partial charge in [0.15, 0.2) is 5.11 Å². The zero-order valence-corrected chi connectivity index (χ0v) is 16.9. The molecule has 2 aromatic rings. The van der Waals surface area contributed by atoms with E-state index in [-0.39, 0.29) is 6.04 Å². The van der Waals surface area contributed by atoms with Crippen molar-refractivity contribution in [2.45, 2.75) is 17.9 Å². The molecule has 1 heterocycles. The number of nitrogens with one attached hydrogen (secondary N) is 1. The summed E-state index contributed by atoms with van der Waals surface area (Å²) >= 11 is 7.45. The molecule has 134 valence electrons. The zero-order valence-electron chi connectivity index (χ0n) is 15.3. The smallest absolute Gasteiger partial charge is 0.174 e. The second kappa shape index (κ2) is 9.75. The Hall–Kier alpha value is -1.63. The first-order valence-electron chi connectivity index (χ1n) is 8.28. The predicted octanol–water partition coefficient (Wildman–Crippen LogP) is 4.13. The normalized spacial score (nSPS) is 12.0. The average Bonchev–Trinajstić information content (AvgIpc) is 2.62. The fourth-order valence-corrected chi connectivity index (χ4v) is 3.28. The highest BCUT2D eigenvalue weighted by atomic mass is 32.2. The Kier molecular flexibility index (Phi) is 7.68. The lowest BCUT2D eigenvalue weighted by Gasteiger charge is -2.32. The Morgan fingerprint density at radius 1 is 1.20 bits per heavy atom. The SMILES string of the molecule is CSc1cccc(NC(=S)N(CCN(C)C)[C@@H](C)c2ccccn2)c1. The van der Waals surface area contributed by atoms with Crippen LogP contribution in [0.3, 0.4) is 0 Å². The van der Waals surface area contributed by atoms with Crippen LogP contribution in [-0.2, 0) is 0 Å². The molecule has 0 aliphatic heterocycles. The zero-order chi connectivity index (χ0) is 18.2. The second-order valence-electron chi connectivity index (χ2n) is 6.09. The van der Waals surface area contributed by atoms with E-state index in [0.717, 1.165) is 29.6 Å². The summed E-state index contributed by atoms with van der Waals surface area (Å²) < 4.78 is 0. The van der Waals surface area contributed by atoms with E-state index in [1.807, 2.05) is 36.5 Å². The van der Waals surface area contributed by atoms with Gasteiger partial charge in [-0.05, 0) is 69.8 Å². The minimum absolute atomic E-state index is 0.102. The summed E-state index contributed by atoms with van der Waals surface area (Å²) in [6.07, 6.45) is 3.90. The molecule has 0 fully saturated rings. The predicted molar refractivity (Wildman–Crippen MR) is 112 cm³/mol. The summed E-state index contributed by atoms with van der Waals surface area (Å²) in [5, 5.41) is 4.11. The summed E-state index contributed by atoms with van der Waals surface area (Å²) in [6, 6.07) is 14.4. The van der Waals surface area contributed by atoms with Crippen molar-refractivity contribution >= 4 is 34.8 Å². The number of likely N-dealkylation sites (N-methyl/N-ethyl adjacent to an activating group) is 1. The van der Waals surface area contributed by atoms with Crippen molar-refractivity contribution in [2.75, 3.05) is 38.8 Å². The molecule has 1 atom stereocenters. The van der Waals surface area contributed by atoms with Crippen LogP contribution >= 0.6 is 24.0 Å². The van der Waals surface area contributed by atoms with Gasteiger partial charge in [0, 0.05) is 29.9 Å². The summed E-state index contributed by atoms with van der Waals surface area (Å²) in [5.74, 6) is 0. The van der Waals surface area contributed by atoms with Gasteiger partial charge in [0.25, 0.3) is 0 Å². The lowest BCUT2D eigenvalue weighted by Crippen LogP contribution is -2.41. The van der Waals surface area contributed by atoms with Gasteiger partial charge < -0.3 is 15.1 Å². The number of rotatable bonds is 7. The Labute approximate surface area is 160 Å². The summed E-state index contributed by atoms with van der Waals surface area (Å²) in [5.41, 5.74) is 2.03. The first kappa shape index (κ1) is 19.7. The third kappa shape index (κ3) is 5.99. The first-order valence-corrected chi connectivity index (χ1v) is 9.92. The molecule has 0 bridgehead atoms. The van der Waals surface area contributed by atoms with Crippen LogP contribution in [0, 0.1) is 0 Å². The van der Waals surface area contributed by atoms with Crippen LogP contribution in [0.1, 0.15) is 18.7 Å². The maximum absolute atomic E-state index is 5.73. The number of nitrogens with zero attached hydrogens (tertiary/aromatic N) is 3. The van der Waals surface area contributed by atoms with Crippen molar-refractivity contribution in [1.29, 1.82) is 0 Å². The van der Waals surface area contributed by atoms with Crippen LogP contribution < -0.4 is 5.32 Å². The molecular weight excluding hydrogens is 348 g/mol. The summed E-state index contributed by atoms with van der Waals surface area (Å²) in [6.45, 7) is 3.90. The molecule has 6 heteroatoms. The number of hydrogen-bond acceptors (Lipinski definition) is 4. The molecule has 0 saturated heterocycles. The minimum atomic E-state index is 0.102. The van der Waals surface area contributed by atoms with Crippen LogP contribution in [0.4, 0.5) is 5.69 Å². The van der Waals surface area contributed by atoms with Gasteiger partial charge >= 0.3 is 0 Å². The Bertz CT molecular complexity index is 676. The van der Waals surface area contributed by atoms with Gasteiger partial charge in [-0.2, -0.15) is 0 Å². The molecule has 0 aliphatic carbocycles. The van der Waals surface area contributed by atoms with Gasteiger partial charge in [0.2, 0.25) is 0 Å². The highest BCUT2D eigenvalue weighted by Gasteiger charge is 2.20. The first-order chi connectivity index (χ1) is 12.0.